The van der Waals surface area contributed by atoms with Gasteiger partial charge in [0.15, 0.2) is 0 Å². The highest BCUT2D eigenvalue weighted by molar-refractivity contribution is 9.10. The molecule has 0 bridgehead atoms. The quantitative estimate of drug-likeness (QED) is 0.736. The molecule has 1 nitrogen and oxygen atoms in total. The Bertz CT molecular complexity index is 350. The second-order valence-electron chi connectivity index (χ2n) is 4.32. The van der Waals surface area contributed by atoms with Gasteiger partial charge in [0.2, 0.25) is 0 Å². The van der Waals surface area contributed by atoms with Crippen molar-refractivity contribution in [1.29, 1.82) is 0 Å². The Labute approximate surface area is 111 Å². The van der Waals surface area contributed by atoms with Crippen molar-refractivity contribution in [3.8, 4) is 5.75 Å². The second-order valence-corrected chi connectivity index (χ2v) is 5.58. The Morgan fingerprint density at radius 3 is 2.62 bits per heavy atom. The summed E-state index contributed by atoms with van der Waals surface area (Å²) in [5, 5.41) is 0.674. The molecule has 1 aromatic rings. The minimum atomic E-state index is 0.622. The van der Waals surface area contributed by atoms with E-state index in [0.29, 0.717) is 17.5 Å². The fraction of sp³-hybridized carbons (Fsp3) is 0.538. The number of hydrogen-bond donors (Lipinski definition) is 0. The summed E-state index contributed by atoms with van der Waals surface area (Å²) in [5.41, 5.74) is 1.26. The molecule has 0 aliphatic heterocycles. The molecule has 0 saturated heterocycles. The molecule has 0 aromatic heterocycles. The first-order valence-corrected chi connectivity index (χ1v) is 6.82. The minimum absolute atomic E-state index is 0.622. The van der Waals surface area contributed by atoms with Crippen LogP contribution in [0, 0.1) is 5.92 Å². The van der Waals surface area contributed by atoms with Crippen LogP contribution in [0.2, 0.25) is 5.02 Å². The summed E-state index contributed by atoms with van der Waals surface area (Å²) in [6.45, 7) is 7.20. The first-order valence-electron chi connectivity index (χ1n) is 5.65. The first kappa shape index (κ1) is 13.9. The maximum Gasteiger partial charge on any atom is 0.138 e. The highest BCUT2D eigenvalue weighted by atomic mass is 79.9. The van der Waals surface area contributed by atoms with E-state index in [1.807, 2.05) is 12.1 Å². The Kier molecular flexibility index (Phi) is 5.63. The molecule has 1 rings (SSSR count). The lowest BCUT2D eigenvalue weighted by Crippen LogP contribution is -1.99. The molecule has 0 fully saturated rings. The molecule has 3 heteroatoms. The molecule has 0 amide bonds. The molecule has 0 spiro atoms. The van der Waals surface area contributed by atoms with Gasteiger partial charge in [-0.25, -0.2) is 0 Å². The average molecular weight is 306 g/mol. The van der Waals surface area contributed by atoms with Crippen molar-refractivity contribution >= 4 is 27.5 Å². The van der Waals surface area contributed by atoms with Gasteiger partial charge in [0.25, 0.3) is 0 Å². The summed E-state index contributed by atoms with van der Waals surface area (Å²) in [6.07, 6.45) is 2.02. The summed E-state index contributed by atoms with van der Waals surface area (Å²) in [4.78, 5) is 0. The smallest absolute Gasteiger partial charge is 0.138 e. The van der Waals surface area contributed by atoms with Crippen LogP contribution >= 0.6 is 27.5 Å². The second kappa shape index (κ2) is 6.51. The van der Waals surface area contributed by atoms with Crippen molar-refractivity contribution in [2.24, 2.45) is 5.92 Å². The molecule has 0 saturated carbocycles. The zero-order chi connectivity index (χ0) is 12.1. The summed E-state index contributed by atoms with van der Waals surface area (Å²) >= 11 is 9.66. The predicted molar refractivity (Wildman–Crippen MR) is 73.5 cm³/mol. The monoisotopic (exact) mass is 304 g/mol. The normalized spacial score (nSPS) is 10.9. The van der Waals surface area contributed by atoms with E-state index < -0.39 is 0 Å². The van der Waals surface area contributed by atoms with Crippen molar-refractivity contribution in [3.63, 3.8) is 0 Å². The number of rotatable bonds is 5. The van der Waals surface area contributed by atoms with Gasteiger partial charge in [0, 0.05) is 4.47 Å². The highest BCUT2D eigenvalue weighted by Gasteiger charge is 2.09. The van der Waals surface area contributed by atoms with Crippen LogP contribution in [0.3, 0.4) is 0 Å². The lowest BCUT2D eigenvalue weighted by atomic mass is 10.0. The molecule has 0 aliphatic carbocycles. The van der Waals surface area contributed by atoms with Gasteiger partial charge in [-0.3, -0.25) is 0 Å². The van der Waals surface area contributed by atoms with Crippen LogP contribution in [-0.2, 0) is 6.42 Å². The minimum Gasteiger partial charge on any atom is -0.492 e. The van der Waals surface area contributed by atoms with Crippen LogP contribution in [0.4, 0.5) is 0 Å². The van der Waals surface area contributed by atoms with Gasteiger partial charge in [-0.15, -0.1) is 0 Å². The largest absolute Gasteiger partial charge is 0.492 e. The highest BCUT2D eigenvalue weighted by Crippen LogP contribution is 2.32. The lowest BCUT2D eigenvalue weighted by molar-refractivity contribution is 0.317. The number of ether oxygens (including phenoxy) is 1. The van der Waals surface area contributed by atoms with Crippen molar-refractivity contribution in [2.75, 3.05) is 6.61 Å². The Hall–Kier alpha value is -0.210. The molecule has 0 radical (unpaired) electrons. The Morgan fingerprint density at radius 1 is 1.38 bits per heavy atom. The standard InChI is InChI=1S/C13H18BrClO/c1-4-5-16-13-7-10(6-9(2)3)11(14)8-12(13)15/h7-9H,4-6H2,1-3H3. The molecule has 0 heterocycles. The van der Waals surface area contributed by atoms with Gasteiger partial charge in [0.1, 0.15) is 5.75 Å². The van der Waals surface area contributed by atoms with E-state index in [4.69, 9.17) is 16.3 Å². The van der Waals surface area contributed by atoms with Crippen molar-refractivity contribution in [2.45, 2.75) is 33.6 Å². The van der Waals surface area contributed by atoms with E-state index >= 15 is 0 Å². The zero-order valence-corrected chi connectivity index (χ0v) is 12.4. The van der Waals surface area contributed by atoms with E-state index in [0.717, 1.165) is 23.1 Å². The number of halogens is 2. The topological polar surface area (TPSA) is 9.23 Å². The molecule has 0 aliphatic rings. The van der Waals surface area contributed by atoms with Crippen LogP contribution in [0.25, 0.3) is 0 Å². The predicted octanol–water partition coefficient (Wildman–Crippen LogP) is 5.09. The van der Waals surface area contributed by atoms with Gasteiger partial charge < -0.3 is 4.74 Å². The third kappa shape index (κ3) is 3.99. The summed E-state index contributed by atoms with van der Waals surface area (Å²) in [6, 6.07) is 3.96. The van der Waals surface area contributed by atoms with E-state index in [-0.39, 0.29) is 0 Å². The van der Waals surface area contributed by atoms with Gasteiger partial charge >= 0.3 is 0 Å². The Balaban J connectivity index is 2.92. The van der Waals surface area contributed by atoms with Gasteiger partial charge in [-0.05, 0) is 36.5 Å². The SMILES string of the molecule is CCCOc1cc(CC(C)C)c(Br)cc1Cl. The molecular weight excluding hydrogens is 287 g/mol. The van der Waals surface area contributed by atoms with Crippen molar-refractivity contribution in [3.05, 3.63) is 27.2 Å². The molecule has 0 N–H and O–H groups in total. The molecule has 0 unspecified atom stereocenters. The Morgan fingerprint density at radius 2 is 2.06 bits per heavy atom. The maximum atomic E-state index is 6.12. The summed E-state index contributed by atoms with van der Waals surface area (Å²) < 4.78 is 6.68. The molecular formula is C13H18BrClO. The van der Waals surface area contributed by atoms with Crippen LogP contribution in [0.1, 0.15) is 32.8 Å². The van der Waals surface area contributed by atoms with Crippen molar-refractivity contribution < 1.29 is 4.74 Å². The third-order valence-electron chi connectivity index (χ3n) is 2.19. The van der Waals surface area contributed by atoms with Gasteiger partial charge in [-0.2, -0.15) is 0 Å². The van der Waals surface area contributed by atoms with Crippen LogP contribution < -0.4 is 4.74 Å². The number of hydrogen-bond acceptors (Lipinski definition) is 1. The fourth-order valence-corrected chi connectivity index (χ4v) is 2.35. The first-order chi connectivity index (χ1) is 7.54. The maximum absolute atomic E-state index is 6.12. The third-order valence-corrected chi connectivity index (χ3v) is 3.22. The van der Waals surface area contributed by atoms with E-state index in [1.165, 1.54) is 5.56 Å². The van der Waals surface area contributed by atoms with Gasteiger partial charge in [0.05, 0.1) is 11.6 Å². The summed E-state index contributed by atoms with van der Waals surface area (Å²) in [5.74, 6) is 1.42. The van der Waals surface area contributed by atoms with E-state index in [2.05, 4.69) is 36.7 Å². The van der Waals surface area contributed by atoms with Crippen LogP contribution in [0.15, 0.2) is 16.6 Å². The zero-order valence-electron chi connectivity index (χ0n) is 10.0. The average Bonchev–Trinajstić information content (AvgIpc) is 2.20. The van der Waals surface area contributed by atoms with Crippen LogP contribution in [0.5, 0.6) is 5.75 Å². The van der Waals surface area contributed by atoms with Crippen LogP contribution in [-0.4, -0.2) is 6.61 Å². The van der Waals surface area contributed by atoms with E-state index in [1.54, 1.807) is 0 Å². The molecule has 0 atom stereocenters. The number of benzene rings is 1. The molecule has 16 heavy (non-hydrogen) atoms. The van der Waals surface area contributed by atoms with Gasteiger partial charge in [-0.1, -0.05) is 48.3 Å². The van der Waals surface area contributed by atoms with Crippen molar-refractivity contribution in [1.82, 2.24) is 0 Å². The molecule has 1 aromatic carbocycles. The molecule has 90 valence electrons. The lowest BCUT2D eigenvalue weighted by Gasteiger charge is -2.12. The fourth-order valence-electron chi connectivity index (χ4n) is 1.49. The summed E-state index contributed by atoms with van der Waals surface area (Å²) in [7, 11) is 0. The van der Waals surface area contributed by atoms with E-state index in [9.17, 15) is 0 Å².